The molecule has 17 heavy (non-hydrogen) atoms. The summed E-state index contributed by atoms with van der Waals surface area (Å²) in [6.07, 6.45) is 5.97. The van der Waals surface area contributed by atoms with Crippen molar-refractivity contribution in [3.63, 3.8) is 0 Å². The van der Waals surface area contributed by atoms with E-state index in [2.05, 4.69) is 45.3 Å². The van der Waals surface area contributed by atoms with Gasteiger partial charge in [-0.2, -0.15) is 0 Å². The number of aromatic amines is 1. The maximum atomic E-state index is 6.33. The van der Waals surface area contributed by atoms with E-state index >= 15 is 0 Å². The lowest BCUT2D eigenvalue weighted by molar-refractivity contribution is 0.265. The Hall–Kier alpha value is -0.510. The van der Waals surface area contributed by atoms with Gasteiger partial charge in [0.05, 0.1) is 0 Å². The minimum atomic E-state index is 0. The topological polar surface area (TPSA) is 41.8 Å². The van der Waals surface area contributed by atoms with Crippen LogP contribution in [-0.2, 0) is 0 Å². The molecule has 1 fully saturated rings. The van der Waals surface area contributed by atoms with Crippen LogP contribution < -0.4 is 5.73 Å². The van der Waals surface area contributed by atoms with Crippen LogP contribution >= 0.6 is 28.3 Å². The highest BCUT2D eigenvalue weighted by molar-refractivity contribution is 9.10. The van der Waals surface area contributed by atoms with Crippen LogP contribution in [0.4, 0.5) is 0 Å². The van der Waals surface area contributed by atoms with Crippen molar-refractivity contribution in [2.75, 3.05) is 0 Å². The van der Waals surface area contributed by atoms with Crippen LogP contribution in [0.1, 0.15) is 30.9 Å². The fourth-order valence-electron chi connectivity index (χ4n) is 2.44. The van der Waals surface area contributed by atoms with Crippen LogP contribution in [0.15, 0.2) is 28.9 Å². The molecule has 1 aliphatic rings. The molecule has 4 heteroatoms. The Labute approximate surface area is 116 Å². The molecule has 2 aromatic rings. The Balaban J connectivity index is 0.00000108. The maximum absolute atomic E-state index is 6.33. The molecule has 1 atom stereocenters. The average Bonchev–Trinajstić information content (AvgIpc) is 2.57. The highest BCUT2D eigenvalue weighted by Crippen LogP contribution is 2.38. The lowest BCUT2D eigenvalue weighted by Gasteiger charge is -2.31. The number of hydrogen-bond acceptors (Lipinski definition) is 1. The number of hydrogen-bond donors (Lipinski definition) is 2. The van der Waals surface area contributed by atoms with Crippen LogP contribution in [0.25, 0.3) is 10.9 Å². The quantitative estimate of drug-likeness (QED) is 0.859. The molecule has 3 rings (SSSR count). The zero-order valence-electron chi connectivity index (χ0n) is 9.45. The van der Waals surface area contributed by atoms with Crippen molar-refractivity contribution < 1.29 is 0 Å². The zero-order chi connectivity index (χ0) is 11.1. The Morgan fingerprint density at radius 3 is 2.76 bits per heavy atom. The fraction of sp³-hybridized carbons (Fsp3) is 0.385. The van der Waals surface area contributed by atoms with Gasteiger partial charge >= 0.3 is 0 Å². The van der Waals surface area contributed by atoms with E-state index < -0.39 is 0 Å². The third kappa shape index (κ3) is 2.24. The first kappa shape index (κ1) is 12.9. The number of aromatic nitrogens is 1. The number of rotatable bonds is 2. The summed E-state index contributed by atoms with van der Waals surface area (Å²) in [6, 6.07) is 6.49. The van der Waals surface area contributed by atoms with Crippen molar-refractivity contribution in [3.8, 4) is 0 Å². The van der Waals surface area contributed by atoms with Gasteiger partial charge in [-0.05, 0) is 42.5 Å². The van der Waals surface area contributed by atoms with Crippen molar-refractivity contribution in [3.05, 3.63) is 34.4 Å². The van der Waals surface area contributed by atoms with Crippen LogP contribution in [0.3, 0.4) is 0 Å². The lowest BCUT2D eigenvalue weighted by Crippen LogP contribution is -2.26. The number of nitrogens with one attached hydrogen (secondary N) is 1. The minimum Gasteiger partial charge on any atom is -0.361 e. The number of fused-ring (bicyclic) bond motifs is 1. The van der Waals surface area contributed by atoms with E-state index in [1.165, 1.54) is 35.7 Å². The van der Waals surface area contributed by atoms with Gasteiger partial charge in [-0.15, -0.1) is 12.4 Å². The van der Waals surface area contributed by atoms with Gasteiger partial charge in [0.2, 0.25) is 0 Å². The first-order valence-corrected chi connectivity index (χ1v) is 6.57. The molecule has 0 saturated heterocycles. The van der Waals surface area contributed by atoms with Gasteiger partial charge < -0.3 is 10.7 Å². The maximum Gasteiger partial charge on any atom is 0.0458 e. The van der Waals surface area contributed by atoms with Gasteiger partial charge in [-0.25, -0.2) is 0 Å². The van der Waals surface area contributed by atoms with Crippen molar-refractivity contribution >= 4 is 39.2 Å². The highest BCUT2D eigenvalue weighted by Gasteiger charge is 2.27. The van der Waals surface area contributed by atoms with E-state index in [0.717, 1.165) is 4.47 Å². The molecule has 1 saturated carbocycles. The van der Waals surface area contributed by atoms with Crippen LogP contribution in [0, 0.1) is 5.92 Å². The minimum absolute atomic E-state index is 0. The molecular formula is C13H16BrClN2. The monoisotopic (exact) mass is 314 g/mol. The molecule has 0 amide bonds. The second-order valence-electron chi connectivity index (χ2n) is 4.65. The number of halogens is 2. The summed E-state index contributed by atoms with van der Waals surface area (Å²) in [5.41, 5.74) is 8.76. The van der Waals surface area contributed by atoms with Crippen molar-refractivity contribution in [1.29, 1.82) is 0 Å². The van der Waals surface area contributed by atoms with Crippen molar-refractivity contribution in [2.45, 2.75) is 25.3 Å². The van der Waals surface area contributed by atoms with Gasteiger partial charge in [-0.1, -0.05) is 22.4 Å². The molecule has 0 aliphatic heterocycles. The van der Waals surface area contributed by atoms with Gasteiger partial charge in [0.1, 0.15) is 0 Å². The molecule has 0 unspecified atom stereocenters. The Morgan fingerprint density at radius 1 is 1.35 bits per heavy atom. The summed E-state index contributed by atoms with van der Waals surface area (Å²) in [5.74, 6) is 0.679. The summed E-state index contributed by atoms with van der Waals surface area (Å²) in [4.78, 5) is 3.30. The van der Waals surface area contributed by atoms with Gasteiger partial charge in [0, 0.05) is 27.6 Å². The predicted molar refractivity (Wildman–Crippen MR) is 77.5 cm³/mol. The van der Waals surface area contributed by atoms with E-state index in [1.807, 2.05) is 0 Å². The fourth-order valence-corrected chi connectivity index (χ4v) is 2.80. The zero-order valence-corrected chi connectivity index (χ0v) is 11.9. The van der Waals surface area contributed by atoms with Gasteiger partial charge in [0.15, 0.2) is 0 Å². The smallest absolute Gasteiger partial charge is 0.0458 e. The summed E-state index contributed by atoms with van der Waals surface area (Å²) < 4.78 is 1.11. The van der Waals surface area contributed by atoms with Gasteiger partial charge in [-0.3, -0.25) is 0 Å². The molecule has 1 heterocycles. The first-order chi connectivity index (χ1) is 7.75. The predicted octanol–water partition coefficient (Wildman–Crippen LogP) is 4.15. The highest BCUT2D eigenvalue weighted by atomic mass is 79.9. The van der Waals surface area contributed by atoms with Crippen LogP contribution in [0.2, 0.25) is 0 Å². The third-order valence-corrected chi connectivity index (χ3v) is 4.19. The number of nitrogens with two attached hydrogens (primary N) is 1. The molecule has 2 nitrogen and oxygen atoms in total. The SMILES string of the molecule is Cl.N[C@H](c1c[nH]c2ccc(Br)cc12)C1CCC1. The summed E-state index contributed by atoms with van der Waals surface area (Å²) in [7, 11) is 0. The summed E-state index contributed by atoms with van der Waals surface area (Å²) in [6.45, 7) is 0. The molecule has 0 radical (unpaired) electrons. The molecule has 92 valence electrons. The van der Waals surface area contributed by atoms with Crippen LogP contribution in [-0.4, -0.2) is 4.98 Å². The molecule has 3 N–H and O–H groups in total. The largest absolute Gasteiger partial charge is 0.361 e. The molecule has 1 aromatic heterocycles. The molecule has 1 aromatic carbocycles. The Kier molecular flexibility index (Phi) is 3.81. The molecule has 1 aliphatic carbocycles. The van der Waals surface area contributed by atoms with E-state index in [1.54, 1.807) is 0 Å². The third-order valence-electron chi connectivity index (χ3n) is 3.69. The Morgan fingerprint density at radius 2 is 2.12 bits per heavy atom. The normalized spacial score (nSPS) is 17.5. The standard InChI is InChI=1S/C13H15BrN2.ClH/c14-9-4-5-12-10(6-9)11(7-16-12)13(15)8-2-1-3-8;/h4-8,13,16H,1-3,15H2;1H/t13-;/m0./s1. The summed E-state index contributed by atoms with van der Waals surface area (Å²) in [5, 5.41) is 1.26. The Bertz CT molecular complexity index is 519. The molecule has 0 bridgehead atoms. The first-order valence-electron chi connectivity index (χ1n) is 5.78. The second-order valence-corrected chi connectivity index (χ2v) is 5.57. The lowest BCUT2D eigenvalue weighted by atomic mass is 9.77. The second kappa shape index (κ2) is 5.01. The summed E-state index contributed by atoms with van der Waals surface area (Å²) >= 11 is 3.51. The number of H-pyrrole nitrogens is 1. The number of benzene rings is 1. The van der Waals surface area contributed by atoms with Crippen LogP contribution in [0.5, 0.6) is 0 Å². The van der Waals surface area contributed by atoms with E-state index in [0.29, 0.717) is 5.92 Å². The van der Waals surface area contributed by atoms with E-state index in [9.17, 15) is 0 Å². The van der Waals surface area contributed by atoms with Crippen molar-refractivity contribution in [1.82, 2.24) is 4.98 Å². The molecule has 0 spiro atoms. The van der Waals surface area contributed by atoms with E-state index in [-0.39, 0.29) is 18.4 Å². The average molecular weight is 316 g/mol. The van der Waals surface area contributed by atoms with E-state index in [4.69, 9.17) is 5.73 Å². The molecular weight excluding hydrogens is 300 g/mol. The van der Waals surface area contributed by atoms with Crippen molar-refractivity contribution in [2.24, 2.45) is 11.7 Å². The van der Waals surface area contributed by atoms with Gasteiger partial charge in [0.25, 0.3) is 0 Å².